The molecule has 20 heavy (non-hydrogen) atoms. The van der Waals surface area contributed by atoms with Crippen LogP contribution in [-0.4, -0.2) is 32.7 Å². The average molecular weight is 312 g/mol. The molecule has 4 heterocycles. The molecular weight excluding hydrogens is 300 g/mol. The van der Waals surface area contributed by atoms with E-state index in [-0.39, 0.29) is 0 Å². The van der Waals surface area contributed by atoms with Gasteiger partial charge in [0.2, 0.25) is 0 Å². The van der Waals surface area contributed by atoms with Crippen LogP contribution in [-0.2, 0) is 0 Å². The zero-order valence-corrected chi connectivity index (χ0v) is 12.1. The van der Waals surface area contributed by atoms with E-state index in [4.69, 9.17) is 18.9 Å². The molecular formula is C13H12O5S2. The lowest BCUT2D eigenvalue weighted by molar-refractivity contribution is 0.111. The fourth-order valence-corrected chi connectivity index (χ4v) is 3.17. The van der Waals surface area contributed by atoms with Gasteiger partial charge in [-0.2, -0.15) is 0 Å². The Morgan fingerprint density at radius 1 is 0.850 bits per heavy atom. The minimum atomic E-state index is 0.532. The second-order valence-corrected chi connectivity index (χ2v) is 5.56. The van der Waals surface area contributed by atoms with E-state index in [9.17, 15) is 4.79 Å². The Morgan fingerprint density at radius 2 is 1.45 bits per heavy atom. The van der Waals surface area contributed by atoms with Crippen molar-refractivity contribution in [2.24, 2.45) is 0 Å². The number of hydrogen-bond acceptors (Lipinski definition) is 7. The predicted octanol–water partition coefficient (Wildman–Crippen LogP) is 2.85. The van der Waals surface area contributed by atoms with Crippen LogP contribution in [0.25, 0.3) is 0 Å². The van der Waals surface area contributed by atoms with E-state index in [1.807, 2.05) is 10.8 Å². The van der Waals surface area contributed by atoms with Crippen LogP contribution in [0.4, 0.5) is 0 Å². The lowest BCUT2D eigenvalue weighted by Crippen LogP contribution is -2.14. The Bertz CT molecular complexity index is 569. The second kappa shape index (κ2) is 6.15. The van der Waals surface area contributed by atoms with Crippen LogP contribution in [0.2, 0.25) is 0 Å². The minimum absolute atomic E-state index is 0.532. The molecule has 0 aromatic carbocycles. The van der Waals surface area contributed by atoms with E-state index < -0.39 is 0 Å². The Kier molecular flexibility index (Phi) is 4.08. The maximum Gasteiger partial charge on any atom is 0.182 e. The van der Waals surface area contributed by atoms with Gasteiger partial charge in [0.1, 0.15) is 31.3 Å². The number of carbonyl (C=O) groups excluding carboxylic acids is 1. The summed E-state index contributed by atoms with van der Waals surface area (Å²) in [6, 6.07) is 0. The highest BCUT2D eigenvalue weighted by atomic mass is 32.1. The summed E-state index contributed by atoms with van der Waals surface area (Å²) in [5.41, 5.74) is 0. The van der Waals surface area contributed by atoms with Crippen molar-refractivity contribution in [3.63, 3.8) is 0 Å². The van der Waals surface area contributed by atoms with Crippen molar-refractivity contribution in [2.75, 3.05) is 26.4 Å². The quantitative estimate of drug-likeness (QED) is 0.758. The molecule has 2 aliphatic rings. The molecule has 0 amide bonds. The molecule has 7 heteroatoms. The Morgan fingerprint density at radius 3 is 2.10 bits per heavy atom. The molecule has 2 aliphatic heterocycles. The van der Waals surface area contributed by atoms with E-state index in [1.54, 1.807) is 16.7 Å². The predicted molar refractivity (Wildman–Crippen MR) is 76.0 cm³/mol. The molecule has 4 rings (SSSR count). The normalized spacial score (nSPS) is 15.0. The number of thiophene rings is 2. The second-order valence-electron chi connectivity index (χ2n) is 3.91. The fourth-order valence-electron chi connectivity index (χ4n) is 1.75. The molecule has 0 unspecified atom stereocenters. The third-order valence-corrected chi connectivity index (χ3v) is 4.19. The first-order chi connectivity index (χ1) is 9.88. The van der Waals surface area contributed by atoms with Gasteiger partial charge in [0.15, 0.2) is 29.3 Å². The number of hydrogen-bond donors (Lipinski definition) is 0. The lowest BCUT2D eigenvalue weighted by Gasteiger charge is -2.14. The third-order valence-electron chi connectivity index (χ3n) is 2.63. The lowest BCUT2D eigenvalue weighted by atomic mass is 10.4. The Balaban J connectivity index is 0.000000123. The van der Waals surface area contributed by atoms with E-state index >= 15 is 0 Å². The van der Waals surface area contributed by atoms with Crippen LogP contribution >= 0.6 is 22.7 Å². The molecule has 0 fully saturated rings. The van der Waals surface area contributed by atoms with Crippen molar-refractivity contribution < 1.29 is 23.7 Å². The molecule has 0 bridgehead atoms. The van der Waals surface area contributed by atoms with Gasteiger partial charge in [0, 0.05) is 16.1 Å². The number of carbonyl (C=O) groups is 1. The number of rotatable bonds is 1. The minimum Gasteiger partial charge on any atom is -0.485 e. The maximum atomic E-state index is 10.4. The molecule has 0 saturated carbocycles. The van der Waals surface area contributed by atoms with Crippen molar-refractivity contribution >= 4 is 29.0 Å². The van der Waals surface area contributed by atoms with Crippen molar-refractivity contribution in [1.82, 2.24) is 0 Å². The van der Waals surface area contributed by atoms with Crippen LogP contribution < -0.4 is 18.9 Å². The Labute approximate surface area is 123 Å². The molecule has 2 aromatic rings. The highest BCUT2D eigenvalue weighted by molar-refractivity contribution is 7.12. The Hall–Kier alpha value is -1.73. The van der Waals surface area contributed by atoms with Gasteiger partial charge in [0.25, 0.3) is 0 Å². The molecule has 5 nitrogen and oxygen atoms in total. The van der Waals surface area contributed by atoms with Crippen molar-refractivity contribution in [2.45, 2.75) is 0 Å². The summed E-state index contributed by atoms with van der Waals surface area (Å²) in [7, 11) is 0. The summed E-state index contributed by atoms with van der Waals surface area (Å²) in [5, 5.41) is 5.70. The topological polar surface area (TPSA) is 54.0 Å². The standard InChI is InChI=1S/C7H6O3S.C6H6O2S/c8-3-6-7-5(4-11-6)9-1-2-10-7;1-2-8-6-4-9-3-5(6)7-1/h3-4H,1-2H2;3-4H,1-2H2. The summed E-state index contributed by atoms with van der Waals surface area (Å²) in [5.74, 6) is 3.09. The highest BCUT2D eigenvalue weighted by Gasteiger charge is 2.17. The van der Waals surface area contributed by atoms with E-state index in [1.165, 1.54) is 11.3 Å². The van der Waals surface area contributed by atoms with Gasteiger partial charge < -0.3 is 18.9 Å². The van der Waals surface area contributed by atoms with Crippen LogP contribution in [0.5, 0.6) is 23.0 Å². The van der Waals surface area contributed by atoms with Crippen LogP contribution in [0.1, 0.15) is 9.67 Å². The van der Waals surface area contributed by atoms with Crippen molar-refractivity contribution in [3.05, 3.63) is 21.0 Å². The SMILES string of the molecule is O=Cc1scc2c1OCCO2.c1scc2c1OCCO2. The van der Waals surface area contributed by atoms with E-state index in [0.29, 0.717) is 42.8 Å². The van der Waals surface area contributed by atoms with Crippen molar-refractivity contribution in [3.8, 4) is 23.0 Å². The summed E-state index contributed by atoms with van der Waals surface area (Å²) in [6.45, 7) is 2.47. The van der Waals surface area contributed by atoms with Gasteiger partial charge in [0.05, 0.1) is 0 Å². The monoisotopic (exact) mass is 312 g/mol. The van der Waals surface area contributed by atoms with Crippen molar-refractivity contribution in [1.29, 1.82) is 0 Å². The molecule has 106 valence electrons. The zero-order chi connectivity index (χ0) is 13.8. The molecule has 0 spiro atoms. The average Bonchev–Trinajstić information content (AvgIpc) is 3.14. The van der Waals surface area contributed by atoms with Gasteiger partial charge in [-0.1, -0.05) is 0 Å². The summed E-state index contributed by atoms with van der Waals surface area (Å²) >= 11 is 2.95. The molecule has 2 aromatic heterocycles. The van der Waals surface area contributed by atoms with Gasteiger partial charge in [-0.05, 0) is 0 Å². The first-order valence-corrected chi connectivity index (χ1v) is 7.85. The first-order valence-electron chi connectivity index (χ1n) is 6.02. The summed E-state index contributed by atoms with van der Waals surface area (Å²) in [4.78, 5) is 11.0. The van der Waals surface area contributed by atoms with E-state index in [2.05, 4.69) is 0 Å². The molecule has 0 saturated heterocycles. The molecule has 0 radical (unpaired) electrons. The number of ether oxygens (including phenoxy) is 4. The van der Waals surface area contributed by atoms with Crippen LogP contribution in [0, 0.1) is 0 Å². The highest BCUT2D eigenvalue weighted by Crippen LogP contribution is 2.37. The zero-order valence-electron chi connectivity index (χ0n) is 10.5. The number of aldehydes is 1. The van der Waals surface area contributed by atoms with Crippen LogP contribution in [0.15, 0.2) is 16.1 Å². The van der Waals surface area contributed by atoms with Gasteiger partial charge in [-0.15, -0.1) is 22.7 Å². The smallest absolute Gasteiger partial charge is 0.182 e. The first kappa shape index (κ1) is 13.3. The van der Waals surface area contributed by atoms with E-state index in [0.717, 1.165) is 17.8 Å². The summed E-state index contributed by atoms with van der Waals surface area (Å²) in [6.07, 6.45) is 0.790. The molecule has 0 N–H and O–H groups in total. The number of fused-ring (bicyclic) bond motifs is 2. The third kappa shape index (κ3) is 2.73. The van der Waals surface area contributed by atoms with Crippen LogP contribution in [0.3, 0.4) is 0 Å². The summed E-state index contributed by atoms with van der Waals surface area (Å²) < 4.78 is 21.0. The van der Waals surface area contributed by atoms with Gasteiger partial charge in [-0.25, -0.2) is 0 Å². The fraction of sp³-hybridized carbons (Fsp3) is 0.308. The van der Waals surface area contributed by atoms with Gasteiger partial charge >= 0.3 is 0 Å². The molecule has 0 aliphatic carbocycles. The largest absolute Gasteiger partial charge is 0.485 e. The molecule has 0 atom stereocenters. The maximum absolute atomic E-state index is 10.4. The van der Waals surface area contributed by atoms with Gasteiger partial charge in [-0.3, -0.25) is 4.79 Å².